The molecule has 0 unspecified atom stereocenters. The number of hydrogen-bond donors (Lipinski definition) is 0. The molecule has 4 heterocycles. The second-order valence-electron chi connectivity index (χ2n) is 26.9. The average molecular weight is 961 g/mol. The second kappa shape index (κ2) is 14.3. The summed E-state index contributed by atoms with van der Waals surface area (Å²) >= 11 is 1.97. The summed E-state index contributed by atoms with van der Waals surface area (Å²) in [5.41, 5.74) is 24.1. The van der Waals surface area contributed by atoms with Crippen molar-refractivity contribution in [2.45, 2.75) is 161 Å². The number of benzene rings is 7. The van der Waals surface area contributed by atoms with Crippen molar-refractivity contribution in [1.82, 2.24) is 0 Å². The lowest BCUT2D eigenvalue weighted by Gasteiger charge is -2.49. The van der Waals surface area contributed by atoms with Gasteiger partial charge in [-0.05, 0) is 189 Å². The number of para-hydroxylation sites is 1. The van der Waals surface area contributed by atoms with Gasteiger partial charge in [0.15, 0.2) is 0 Å². The number of rotatable bonds is 2. The van der Waals surface area contributed by atoms with Crippen LogP contribution in [0.3, 0.4) is 0 Å². The van der Waals surface area contributed by atoms with Crippen molar-refractivity contribution in [3.63, 3.8) is 0 Å². The molecule has 0 spiro atoms. The molecule has 0 fully saturated rings. The summed E-state index contributed by atoms with van der Waals surface area (Å²) in [4.78, 5) is 5.54. The summed E-state index contributed by atoms with van der Waals surface area (Å²) in [6.45, 7) is 31.9. The van der Waals surface area contributed by atoms with Gasteiger partial charge < -0.3 is 14.1 Å². The maximum absolute atomic E-state index is 7.39. The van der Waals surface area contributed by atoms with Crippen molar-refractivity contribution in [3.05, 3.63) is 148 Å². The number of aryl methyl sites for hydroxylation is 1. The minimum Gasteiger partial charge on any atom is -0.456 e. The molecular weight excluding hydrogens is 892 g/mol. The van der Waals surface area contributed by atoms with E-state index in [4.69, 9.17) is 4.42 Å². The molecule has 7 aromatic carbocycles. The molecule has 5 aliphatic rings. The van der Waals surface area contributed by atoms with Crippen molar-refractivity contribution < 1.29 is 4.42 Å². The van der Waals surface area contributed by atoms with Crippen LogP contribution in [-0.4, -0.2) is 6.85 Å². The van der Waals surface area contributed by atoms with Gasteiger partial charge in [0.25, 0.3) is 0 Å². The average Bonchev–Trinajstić information content (AvgIpc) is 3.92. The highest BCUT2D eigenvalue weighted by molar-refractivity contribution is 7.26. The zero-order valence-corrected chi connectivity index (χ0v) is 45.7. The van der Waals surface area contributed by atoms with Gasteiger partial charge in [0.05, 0.1) is 10.4 Å². The van der Waals surface area contributed by atoms with Crippen LogP contribution < -0.4 is 20.6 Å². The van der Waals surface area contributed by atoms with Crippen LogP contribution in [0.1, 0.15) is 161 Å². The molecule has 9 aromatic rings. The number of nitrogens with zero attached hydrogens (tertiary/aromatic N) is 2. The zero-order valence-electron chi connectivity index (χ0n) is 44.9. The van der Waals surface area contributed by atoms with Crippen LogP contribution in [0.2, 0.25) is 0 Å². The molecule has 72 heavy (non-hydrogen) atoms. The van der Waals surface area contributed by atoms with Crippen LogP contribution in [0.15, 0.2) is 114 Å². The van der Waals surface area contributed by atoms with Gasteiger partial charge in [-0.1, -0.05) is 132 Å². The zero-order chi connectivity index (χ0) is 50.0. The van der Waals surface area contributed by atoms with E-state index in [-0.39, 0.29) is 39.3 Å². The topological polar surface area (TPSA) is 19.6 Å². The first-order valence-corrected chi connectivity index (χ1v) is 27.9. The monoisotopic (exact) mass is 961 g/mol. The van der Waals surface area contributed by atoms with E-state index in [1.165, 1.54) is 133 Å². The van der Waals surface area contributed by atoms with Gasteiger partial charge in [0, 0.05) is 60.0 Å². The normalized spacial score (nSPS) is 20.3. The maximum Gasteiger partial charge on any atom is 0.337 e. The Hall–Kier alpha value is -5.78. The second-order valence-corrected chi connectivity index (χ2v) is 27.9. The van der Waals surface area contributed by atoms with E-state index in [1.807, 2.05) is 11.3 Å². The molecule has 0 amide bonds. The number of anilines is 5. The van der Waals surface area contributed by atoms with Gasteiger partial charge in [0.1, 0.15) is 11.2 Å². The van der Waals surface area contributed by atoms with Crippen molar-refractivity contribution in [2.24, 2.45) is 0 Å². The van der Waals surface area contributed by atoms with Gasteiger partial charge in [-0.15, -0.1) is 11.3 Å². The molecule has 3 aliphatic carbocycles. The lowest BCUT2D eigenvalue weighted by molar-refractivity contribution is 0.332. The number of furan rings is 1. The third-order valence-corrected chi connectivity index (χ3v) is 20.8. The van der Waals surface area contributed by atoms with Crippen LogP contribution in [0, 0.1) is 6.92 Å². The van der Waals surface area contributed by atoms with Crippen molar-refractivity contribution in [1.29, 1.82) is 0 Å². The van der Waals surface area contributed by atoms with Gasteiger partial charge in [-0.25, -0.2) is 0 Å². The Morgan fingerprint density at radius 3 is 1.68 bits per heavy atom. The van der Waals surface area contributed by atoms with Crippen molar-refractivity contribution in [3.8, 4) is 11.1 Å². The molecule has 0 saturated heterocycles. The number of thiophene rings is 1. The molecule has 0 atom stereocenters. The Bertz CT molecular complexity index is 3870. The first kappa shape index (κ1) is 44.9. The first-order valence-electron chi connectivity index (χ1n) is 27.1. The number of hydrogen-bond acceptors (Lipinski definition) is 4. The highest BCUT2D eigenvalue weighted by Gasteiger charge is 2.51. The summed E-state index contributed by atoms with van der Waals surface area (Å²) in [6, 6.07) is 43.5. The van der Waals surface area contributed by atoms with E-state index in [0.29, 0.717) is 0 Å². The maximum atomic E-state index is 7.39. The van der Waals surface area contributed by atoms with Crippen LogP contribution in [-0.2, 0) is 32.5 Å². The van der Waals surface area contributed by atoms with E-state index < -0.39 is 0 Å². The molecular formula is C67H69BN2OS. The molecule has 14 rings (SSSR count). The Balaban J connectivity index is 1.19. The van der Waals surface area contributed by atoms with Crippen LogP contribution in [0.4, 0.5) is 28.4 Å². The van der Waals surface area contributed by atoms with E-state index in [9.17, 15) is 0 Å². The third kappa shape index (κ3) is 5.98. The summed E-state index contributed by atoms with van der Waals surface area (Å²) in [7, 11) is 0. The Kier molecular flexibility index (Phi) is 8.91. The highest BCUT2D eigenvalue weighted by atomic mass is 32.1. The fraction of sp³-hybridized carbons (Fsp3) is 0.373. The molecule has 0 saturated carbocycles. The summed E-state index contributed by atoms with van der Waals surface area (Å²) < 4.78 is 10.1. The van der Waals surface area contributed by atoms with Gasteiger partial charge in [-0.3, -0.25) is 0 Å². The largest absolute Gasteiger partial charge is 0.456 e. The van der Waals surface area contributed by atoms with E-state index >= 15 is 0 Å². The van der Waals surface area contributed by atoms with Crippen LogP contribution >= 0.6 is 11.3 Å². The van der Waals surface area contributed by atoms with E-state index in [0.717, 1.165) is 36.8 Å². The van der Waals surface area contributed by atoms with Gasteiger partial charge in [-0.2, -0.15) is 0 Å². The molecule has 5 heteroatoms. The van der Waals surface area contributed by atoms with E-state index in [1.54, 1.807) is 0 Å². The van der Waals surface area contributed by atoms with Crippen LogP contribution in [0.5, 0.6) is 0 Å². The Labute approximate surface area is 431 Å². The quantitative estimate of drug-likeness (QED) is 0.161. The standard InChI is InChI=1S/C67H69BN2OS/c1-38-32-47-50(66(10,11)30-28-63(47,4)5)36-53(38)69-52-25-23-42-40-18-14-16-20-55(40)71-60(42)58(52)68-57-44(34-45-41-19-15-17-21-56(41)72-61(45)59(57)69)43-35-49-51(67(12,13)31-29-65(49,8)9)37-54(43)70(68)39-22-24-46-48(33-39)64(6,7)27-26-62(46,2)3/h14-25,32-37H,26-31H2,1-13H3. The SMILES string of the molecule is Cc1cc2c(cc1N1c3ccc4c(oc5ccccc54)c3B3c4c(cc5c(sc6ccccc65)c41)-c1cc4c(cc1N3c1ccc3c(c1)C(C)(C)CCC3(C)C)C(C)(C)CCC4(C)C)C(C)(C)CCC2(C)C. The van der Waals surface area contributed by atoms with Crippen molar-refractivity contribution >= 4 is 99.7 Å². The molecule has 362 valence electrons. The fourth-order valence-electron chi connectivity index (χ4n) is 14.7. The molecule has 3 nitrogen and oxygen atoms in total. The van der Waals surface area contributed by atoms with E-state index in [2.05, 4.69) is 209 Å². The highest BCUT2D eigenvalue weighted by Crippen LogP contribution is 2.58. The predicted octanol–water partition coefficient (Wildman–Crippen LogP) is 18.0. The fourth-order valence-corrected chi connectivity index (χ4v) is 16.0. The lowest BCUT2D eigenvalue weighted by Crippen LogP contribution is -2.62. The lowest BCUT2D eigenvalue weighted by atomic mass is 9.43. The minimum atomic E-state index is -0.198. The summed E-state index contributed by atoms with van der Waals surface area (Å²) in [6.07, 6.45) is 7.01. The first-order chi connectivity index (χ1) is 34.1. The summed E-state index contributed by atoms with van der Waals surface area (Å²) in [5.74, 6) is 0. The Morgan fingerprint density at radius 1 is 0.458 bits per heavy atom. The molecule has 0 bridgehead atoms. The smallest absolute Gasteiger partial charge is 0.337 e. The van der Waals surface area contributed by atoms with Crippen molar-refractivity contribution in [2.75, 3.05) is 9.71 Å². The molecule has 0 radical (unpaired) electrons. The minimum absolute atomic E-state index is 0.0198. The molecule has 2 aromatic heterocycles. The van der Waals surface area contributed by atoms with Gasteiger partial charge in [0.2, 0.25) is 0 Å². The molecule has 0 N–H and O–H groups in total. The Morgan fingerprint density at radius 2 is 1.01 bits per heavy atom. The summed E-state index contributed by atoms with van der Waals surface area (Å²) in [5, 5.41) is 5.02. The molecule has 2 aliphatic heterocycles. The van der Waals surface area contributed by atoms with Crippen LogP contribution in [0.25, 0.3) is 53.2 Å². The number of fused-ring (bicyclic) bond motifs is 15. The predicted molar refractivity (Wildman–Crippen MR) is 311 cm³/mol. The van der Waals surface area contributed by atoms with Gasteiger partial charge >= 0.3 is 6.85 Å². The third-order valence-electron chi connectivity index (χ3n) is 19.6.